The van der Waals surface area contributed by atoms with Gasteiger partial charge in [0.05, 0.1) is 19.6 Å². The van der Waals surface area contributed by atoms with Crippen LogP contribution in [0, 0.1) is 0 Å². The lowest BCUT2D eigenvalue weighted by atomic mass is 9.99. The first-order chi connectivity index (χ1) is 56.2. The molecule has 12 aliphatic rings. The third kappa shape index (κ3) is 18.8. The molecule has 0 aromatic rings. The minimum atomic E-state index is -1.30. The molecule has 0 aliphatic carbocycles. The summed E-state index contributed by atoms with van der Waals surface area (Å²) >= 11 is 0. The summed E-state index contributed by atoms with van der Waals surface area (Å²) < 4.78 is 10.3. The number of nitrogens with two attached hydrogens (primary N) is 2. The molecule has 12 heterocycles. The monoisotopic (exact) mass is 1660 g/mol. The van der Waals surface area contributed by atoms with Crippen LogP contribution in [-0.2, 0) is 95.8 Å². The van der Waals surface area contributed by atoms with Gasteiger partial charge in [-0.1, -0.05) is 0 Å². The van der Waals surface area contributed by atoms with E-state index in [1.165, 1.54) is 93.8 Å². The highest BCUT2D eigenvalue weighted by atomic mass is 16.5. The van der Waals surface area contributed by atoms with Crippen LogP contribution in [0.25, 0.3) is 0 Å². The molecule has 0 radical (unpaired) electrons. The average Bonchev–Trinajstić information content (AvgIpc) is 1.65. The van der Waals surface area contributed by atoms with E-state index in [-0.39, 0.29) is 201 Å². The van der Waals surface area contributed by atoms with Gasteiger partial charge in [-0.3, -0.25) is 86.3 Å². The van der Waals surface area contributed by atoms with Crippen molar-refractivity contribution in [1.82, 2.24) is 85.4 Å². The lowest BCUT2D eigenvalue weighted by Gasteiger charge is -2.37. The van der Waals surface area contributed by atoms with Crippen LogP contribution in [0.1, 0.15) is 163 Å². The molecule has 12 aliphatic heterocycles. The number of hydrogen-bond acceptors (Lipinski definition) is 22. The summed E-state index contributed by atoms with van der Waals surface area (Å²) in [4.78, 5) is 274. The molecule has 18 atom stereocenters. The molecule has 650 valence electrons. The number of aliphatic carboxylic acids is 1. The van der Waals surface area contributed by atoms with E-state index < -0.39 is 209 Å². The SMILES string of the molecule is COCCC(=O)N[C@H]1C[C@@H](C(=O)N2CCC[C@H]2C(=O)N2C[C@@H](NC(=O)CCOC)C[C@H]2C(=O)N2CCC[C@H]2C(=O)N2C[C@@](C)(N)C[C@H]2C(=O)N2CCC[C@H]2C(=O)N2C[C@@H](NC(C)=O)C[C@H]2C(=O)N2CCC[C@H]2C(=O)N2C[C@@H](NC(C)=O)C[C@H]2C(=O)N2CCC[C@H]2C(=O)NCCC(=O)O)N(C(=O)[C@@H]2CCCN2C(=O)[C@@H]2C[C@H](N)CN2C(C)=O)C1. The fourth-order valence-corrected chi connectivity index (χ4v) is 20.5. The van der Waals surface area contributed by atoms with E-state index in [1.54, 1.807) is 6.92 Å². The summed E-state index contributed by atoms with van der Waals surface area (Å²) in [6.07, 6.45) is 2.84. The predicted octanol–water partition coefficient (Wildman–Crippen LogP) is -5.75. The number of amides is 17. The second kappa shape index (κ2) is 37.3. The van der Waals surface area contributed by atoms with Gasteiger partial charge in [-0.25, -0.2) is 0 Å². The normalized spacial score (nSPS) is 31.4. The van der Waals surface area contributed by atoms with E-state index in [4.69, 9.17) is 20.9 Å². The molecule has 17 amide bonds. The van der Waals surface area contributed by atoms with Crippen LogP contribution in [0.5, 0.6) is 0 Å². The molecule has 0 aromatic carbocycles. The number of methoxy groups -OCH3 is 2. The van der Waals surface area contributed by atoms with Gasteiger partial charge in [0.1, 0.15) is 72.5 Å². The minimum Gasteiger partial charge on any atom is -0.481 e. The third-order valence-electron chi connectivity index (χ3n) is 25.8. The van der Waals surface area contributed by atoms with Crippen LogP contribution in [0.2, 0.25) is 0 Å². The summed E-state index contributed by atoms with van der Waals surface area (Å²) in [6, 6.07) is -17.2. The van der Waals surface area contributed by atoms with Crippen LogP contribution >= 0.6 is 0 Å². The molecule has 12 fully saturated rings. The summed E-state index contributed by atoms with van der Waals surface area (Å²) in [5.74, 6) is -10.2. The number of hydrogen-bond donors (Lipinski definition) is 8. The number of likely N-dealkylation sites (tertiary alicyclic amines) is 12. The molecule has 40 heteroatoms. The Balaban J connectivity index is 0.747. The van der Waals surface area contributed by atoms with E-state index in [0.29, 0.717) is 38.5 Å². The lowest BCUT2D eigenvalue weighted by molar-refractivity contribution is -0.156. The largest absolute Gasteiger partial charge is 0.481 e. The number of carboxylic acid groups (broad SMARTS) is 1. The summed E-state index contributed by atoms with van der Waals surface area (Å²) in [5.41, 5.74) is 12.0. The topological polar surface area (TPSA) is 497 Å². The highest BCUT2D eigenvalue weighted by molar-refractivity contribution is 6.02. The number of carbonyl (C=O) groups is 18. The van der Waals surface area contributed by atoms with Gasteiger partial charge in [0.2, 0.25) is 100 Å². The van der Waals surface area contributed by atoms with Gasteiger partial charge in [-0.05, 0) is 122 Å². The average molecular weight is 1660 g/mol. The van der Waals surface area contributed by atoms with Crippen molar-refractivity contribution in [2.24, 2.45) is 11.5 Å². The van der Waals surface area contributed by atoms with Crippen LogP contribution in [-0.4, -0.2) is 391 Å². The van der Waals surface area contributed by atoms with Gasteiger partial charge in [0.15, 0.2) is 0 Å². The van der Waals surface area contributed by atoms with Gasteiger partial charge in [0, 0.05) is 169 Å². The second-order valence-electron chi connectivity index (χ2n) is 34.4. The molecule has 0 spiro atoms. The van der Waals surface area contributed by atoms with Crippen molar-refractivity contribution in [3.8, 4) is 0 Å². The molecule has 40 nitrogen and oxygen atoms in total. The number of carbonyl (C=O) groups excluding carboxylic acids is 17. The maximum Gasteiger partial charge on any atom is 0.305 e. The van der Waals surface area contributed by atoms with Crippen molar-refractivity contribution >= 4 is 106 Å². The Labute approximate surface area is 684 Å². The number of nitrogens with one attached hydrogen (secondary N) is 5. The Bertz CT molecular complexity index is 3940. The number of rotatable bonds is 25. The fourth-order valence-electron chi connectivity index (χ4n) is 20.5. The van der Waals surface area contributed by atoms with Gasteiger partial charge >= 0.3 is 5.97 Å². The first-order valence-corrected chi connectivity index (χ1v) is 42.0. The quantitative estimate of drug-likeness (QED) is 0.0422. The zero-order chi connectivity index (χ0) is 85.0. The van der Waals surface area contributed by atoms with E-state index in [1.807, 2.05) is 0 Å². The molecule has 12 saturated heterocycles. The molecular formula is C78H117N19O21. The molecule has 0 saturated carbocycles. The second-order valence-corrected chi connectivity index (χ2v) is 34.4. The molecule has 118 heavy (non-hydrogen) atoms. The summed E-state index contributed by atoms with van der Waals surface area (Å²) in [6.45, 7) is 5.68. The van der Waals surface area contributed by atoms with Gasteiger partial charge in [0.25, 0.3) is 0 Å². The van der Waals surface area contributed by atoms with Crippen LogP contribution in [0.3, 0.4) is 0 Å². The zero-order valence-corrected chi connectivity index (χ0v) is 68.4. The van der Waals surface area contributed by atoms with Crippen LogP contribution < -0.4 is 38.1 Å². The van der Waals surface area contributed by atoms with Crippen molar-refractivity contribution in [3.63, 3.8) is 0 Å². The highest BCUT2D eigenvalue weighted by Gasteiger charge is 2.58. The Morgan fingerprint density at radius 2 is 0.653 bits per heavy atom. The Morgan fingerprint density at radius 1 is 0.364 bits per heavy atom. The van der Waals surface area contributed by atoms with Crippen molar-refractivity contribution in [2.75, 3.05) is 113 Å². The number of ether oxygens (including phenoxy) is 2. The third-order valence-corrected chi connectivity index (χ3v) is 25.8. The Kier molecular flexibility index (Phi) is 27.7. The Morgan fingerprint density at radius 3 is 0.966 bits per heavy atom. The summed E-state index contributed by atoms with van der Waals surface area (Å²) in [7, 11) is 2.88. The zero-order valence-electron chi connectivity index (χ0n) is 68.4. The Hall–Kier alpha value is -9.70. The lowest BCUT2D eigenvalue weighted by Crippen LogP contribution is -2.60. The highest BCUT2D eigenvalue weighted by Crippen LogP contribution is 2.39. The maximum absolute atomic E-state index is 15.7. The number of carboxylic acids is 1. The van der Waals surface area contributed by atoms with E-state index in [9.17, 15) is 48.3 Å². The van der Waals surface area contributed by atoms with Crippen LogP contribution in [0.15, 0.2) is 0 Å². The van der Waals surface area contributed by atoms with E-state index in [2.05, 4.69) is 26.6 Å². The summed E-state index contributed by atoms with van der Waals surface area (Å²) in [5, 5.41) is 23.3. The van der Waals surface area contributed by atoms with E-state index in [0.717, 1.165) is 0 Å². The van der Waals surface area contributed by atoms with Crippen LogP contribution in [0.4, 0.5) is 0 Å². The van der Waals surface area contributed by atoms with Gasteiger partial charge in [-0.15, -0.1) is 0 Å². The predicted molar refractivity (Wildman–Crippen MR) is 413 cm³/mol. The van der Waals surface area contributed by atoms with Gasteiger partial charge < -0.3 is 111 Å². The standard InChI is InChI=1S/C78H117N19O21/c1-43(98)82-47-32-58(73(112)86-23-7-13-51(86)66(105)81-22-19-65(103)104)93(38-47)67(106)53-15-9-25-88(53)74(113)59-33-48(83-44(2)99)39-94(59)70(109)55-17-11-28-91(55)77(116)62-36-78(4,80)42-97(62)71(110)56-18-12-27-90(56)76(115)61-35-50(85-64(102)21-30-118-6)41-96(61)69(108)54-16-10-26-89(54)75(114)60-34-49(84-63(101)20-29-117-5)40-95(60)68(107)52-14-8-24-87(52)72(111)57-31-46(79)37-92(57)45(3)100/h46-62H,7-42,79-80H2,1-6H3,(H,81,105)(H,82,98)(H,83,99)(H,84,101)(H,85,102)(H,103,104)/t46-,47-,48-,49-,50-,51-,52-,53-,54-,55-,56-,57-,58-,59-,60-,61-,62-,78-/m0/s1. The number of nitrogens with zero attached hydrogens (tertiary/aromatic N) is 12. The molecule has 12 rings (SSSR count). The molecular weight excluding hydrogens is 1540 g/mol. The molecule has 10 N–H and O–H groups in total. The molecule has 0 unspecified atom stereocenters. The first kappa shape index (κ1) is 87.6. The van der Waals surface area contributed by atoms with Crippen molar-refractivity contribution in [1.29, 1.82) is 0 Å². The van der Waals surface area contributed by atoms with Crippen molar-refractivity contribution in [2.45, 2.75) is 271 Å². The molecule has 0 aromatic heterocycles. The van der Waals surface area contributed by atoms with Gasteiger partial charge in [-0.2, -0.15) is 0 Å². The van der Waals surface area contributed by atoms with E-state index >= 15 is 43.2 Å². The first-order valence-electron chi connectivity index (χ1n) is 42.0. The smallest absolute Gasteiger partial charge is 0.305 e. The molecule has 0 bridgehead atoms. The minimum absolute atomic E-state index is 0.00381. The fraction of sp³-hybridized carbons (Fsp3) is 0.769. The maximum atomic E-state index is 15.7. The van der Waals surface area contributed by atoms with Crippen molar-refractivity contribution in [3.05, 3.63) is 0 Å². The van der Waals surface area contributed by atoms with Crippen molar-refractivity contribution < 1.29 is 101 Å².